The van der Waals surface area contributed by atoms with Crippen molar-refractivity contribution in [3.8, 4) is 0 Å². The molecule has 2 aromatic carbocycles. The molecule has 1 saturated heterocycles. The maximum Gasteiger partial charge on any atom is 0.408 e. The first-order valence-corrected chi connectivity index (χ1v) is 20.3. The summed E-state index contributed by atoms with van der Waals surface area (Å²) in [5.41, 5.74) is -9.69. The van der Waals surface area contributed by atoms with Crippen molar-refractivity contribution in [2.24, 2.45) is 16.7 Å². The van der Waals surface area contributed by atoms with E-state index in [1.54, 1.807) is 69.3 Å². The van der Waals surface area contributed by atoms with Crippen molar-refractivity contribution in [1.29, 1.82) is 0 Å². The average Bonchev–Trinajstić information content (AvgIpc) is 3.18. The van der Waals surface area contributed by atoms with E-state index in [4.69, 9.17) is 28.4 Å². The molecule has 1 amide bonds. The second-order valence-corrected chi connectivity index (χ2v) is 18.2. The van der Waals surface area contributed by atoms with Gasteiger partial charge in [-0.1, -0.05) is 62.4 Å². The van der Waals surface area contributed by atoms with E-state index in [2.05, 4.69) is 5.32 Å². The second-order valence-electron chi connectivity index (χ2n) is 18.2. The zero-order chi connectivity index (χ0) is 45.9. The molecular formula is C45H54FNO15. The van der Waals surface area contributed by atoms with Gasteiger partial charge in [0.1, 0.15) is 35.6 Å². The Kier molecular flexibility index (Phi) is 12.3. The Bertz CT molecular complexity index is 2140. The molecule has 4 N–H and O–H groups in total. The molecule has 6 rings (SSSR count). The summed E-state index contributed by atoms with van der Waals surface area (Å²) in [5, 5.41) is 39.7. The number of nitrogens with one attached hydrogen (secondary N) is 1. The SMILES string of the molecule is CC(=O)O[C@H]1C(=O)[C@@]2(C)C(C(OC(=O)c3ccccc3)[C@]3(O)C[C@H](OC(=O)[C@H](O)[C@@H](NC(=O)OC(C)(C)C)c4ccccc4)C(C)=C1C3(C)C)[C@]1(OC(C)=O)CO[C@@H]1[C@@H](F)[C@@H]2O. The van der Waals surface area contributed by atoms with Crippen LogP contribution in [0.3, 0.4) is 0 Å². The number of hydrogen-bond donors (Lipinski definition) is 4. The van der Waals surface area contributed by atoms with Crippen LogP contribution >= 0.6 is 0 Å². The molecule has 3 aliphatic carbocycles. The fraction of sp³-hybridized carbons (Fsp3) is 0.556. The predicted octanol–water partition coefficient (Wildman–Crippen LogP) is 3.78. The van der Waals surface area contributed by atoms with E-state index in [0.29, 0.717) is 0 Å². The number of alkyl halides is 1. The lowest BCUT2D eigenvalue weighted by Crippen LogP contribution is -2.84. The molecular weight excluding hydrogens is 813 g/mol. The van der Waals surface area contributed by atoms with Crippen LogP contribution in [-0.2, 0) is 47.6 Å². The number of benzene rings is 2. The Balaban J connectivity index is 1.55. The van der Waals surface area contributed by atoms with Crippen molar-refractivity contribution in [3.63, 3.8) is 0 Å². The molecule has 2 unspecified atom stereocenters. The Morgan fingerprint density at radius 2 is 1.52 bits per heavy atom. The van der Waals surface area contributed by atoms with Crippen molar-refractivity contribution in [2.75, 3.05) is 6.61 Å². The lowest BCUT2D eigenvalue weighted by atomic mass is 9.44. The van der Waals surface area contributed by atoms with Crippen LogP contribution in [0.15, 0.2) is 71.8 Å². The number of aliphatic hydroxyl groups excluding tert-OH is 2. The Morgan fingerprint density at radius 3 is 2.05 bits per heavy atom. The Hall–Kier alpha value is -5.23. The van der Waals surface area contributed by atoms with Gasteiger partial charge in [-0.3, -0.25) is 14.4 Å². The van der Waals surface area contributed by atoms with E-state index in [1.165, 1.54) is 39.8 Å². The topological polar surface area (TPSA) is 231 Å². The first kappa shape index (κ1) is 46.3. The number of carbonyl (C=O) groups excluding carboxylic acids is 6. The first-order valence-electron chi connectivity index (χ1n) is 20.3. The normalized spacial score (nSPS) is 33.4. The first-order chi connectivity index (χ1) is 28.8. The highest BCUT2D eigenvalue weighted by molar-refractivity contribution is 5.96. The molecule has 336 valence electrons. The summed E-state index contributed by atoms with van der Waals surface area (Å²) in [6.45, 7) is 11.9. The highest BCUT2D eigenvalue weighted by Gasteiger charge is 2.80. The average molecular weight is 868 g/mol. The highest BCUT2D eigenvalue weighted by atomic mass is 19.1. The number of hydrogen-bond acceptors (Lipinski definition) is 15. The van der Waals surface area contributed by atoms with Gasteiger partial charge in [0.25, 0.3) is 0 Å². The van der Waals surface area contributed by atoms with E-state index in [9.17, 15) is 39.3 Å². The minimum Gasteiger partial charge on any atom is -0.456 e. The number of amides is 1. The van der Waals surface area contributed by atoms with E-state index in [0.717, 1.165) is 13.8 Å². The number of aliphatic hydroxyl groups is 3. The Morgan fingerprint density at radius 1 is 0.919 bits per heavy atom. The van der Waals surface area contributed by atoms with E-state index in [-0.39, 0.29) is 22.3 Å². The highest BCUT2D eigenvalue weighted by Crippen LogP contribution is 2.65. The Labute approximate surface area is 358 Å². The second kappa shape index (κ2) is 16.5. The summed E-state index contributed by atoms with van der Waals surface area (Å²) in [6, 6.07) is 14.1. The van der Waals surface area contributed by atoms with Gasteiger partial charge in [0.2, 0.25) is 0 Å². The molecule has 2 bridgehead atoms. The molecule has 2 saturated carbocycles. The molecule has 12 atom stereocenters. The number of esters is 4. The van der Waals surface area contributed by atoms with Crippen LogP contribution in [0.4, 0.5) is 9.18 Å². The number of ether oxygens (including phenoxy) is 6. The van der Waals surface area contributed by atoms with E-state index in [1.807, 2.05) is 0 Å². The summed E-state index contributed by atoms with van der Waals surface area (Å²) in [6.07, 6.45) is -15.7. The number of Topliss-reactive ketones (excluding diaryl/α,β-unsaturated/α-hetero) is 1. The number of ketones is 1. The number of carbonyl (C=O) groups is 6. The summed E-state index contributed by atoms with van der Waals surface area (Å²) in [4.78, 5) is 82.8. The number of halogens is 1. The van der Waals surface area contributed by atoms with Gasteiger partial charge in [-0.25, -0.2) is 18.8 Å². The van der Waals surface area contributed by atoms with Crippen LogP contribution in [0, 0.1) is 16.7 Å². The molecule has 62 heavy (non-hydrogen) atoms. The summed E-state index contributed by atoms with van der Waals surface area (Å²) < 4.78 is 51.5. The summed E-state index contributed by atoms with van der Waals surface area (Å²) in [5.74, 6) is -7.21. The number of rotatable bonds is 9. The lowest BCUT2D eigenvalue weighted by molar-refractivity contribution is -0.361. The van der Waals surface area contributed by atoms with Gasteiger partial charge < -0.3 is 49.1 Å². The van der Waals surface area contributed by atoms with Crippen LogP contribution in [0.2, 0.25) is 0 Å². The number of alkyl carbamates (subject to hydrolysis) is 1. The minimum atomic E-state index is -2.53. The van der Waals surface area contributed by atoms with Crippen molar-refractivity contribution >= 4 is 35.8 Å². The van der Waals surface area contributed by atoms with Gasteiger partial charge in [-0.15, -0.1) is 0 Å². The standard InChI is InChI=1S/C45H54FNO15/c1-22-27(59-39(54)31(50)30(25-16-12-10-13-17-25)47-40(55)62-41(4,5)6)20-45(56)37(60-38(53)26-18-14-11-15-19-26)33-43(9,35(52)32(58-23(2)48)28(22)42(45,7)8)34(51)29(46)36-44(33,21-57-36)61-24(3)49/h10-19,27,29-34,36-37,50-51,56H,20-21H2,1-9H3,(H,47,55)/t27-,29-,30-,31+,32+,33?,34-,36+,37?,43-,44+,45+/m0/s1. The molecule has 1 aliphatic heterocycles. The summed E-state index contributed by atoms with van der Waals surface area (Å²) >= 11 is 0. The molecule has 0 radical (unpaired) electrons. The fourth-order valence-electron chi connectivity index (χ4n) is 9.85. The maximum atomic E-state index is 16.6. The van der Waals surface area contributed by atoms with Gasteiger partial charge >= 0.3 is 30.0 Å². The van der Waals surface area contributed by atoms with Crippen LogP contribution < -0.4 is 5.32 Å². The van der Waals surface area contributed by atoms with Gasteiger partial charge in [-0.2, -0.15) is 0 Å². The van der Waals surface area contributed by atoms with E-state index < -0.39 is 131 Å². The number of fused-ring (bicyclic) bond motifs is 5. The molecule has 17 heteroatoms. The monoisotopic (exact) mass is 867 g/mol. The van der Waals surface area contributed by atoms with Crippen molar-refractivity contribution in [1.82, 2.24) is 5.32 Å². The predicted molar refractivity (Wildman–Crippen MR) is 213 cm³/mol. The molecule has 0 spiro atoms. The third-order valence-electron chi connectivity index (χ3n) is 12.8. The van der Waals surface area contributed by atoms with Crippen LogP contribution in [0.25, 0.3) is 0 Å². The van der Waals surface area contributed by atoms with Gasteiger partial charge in [-0.05, 0) is 63.5 Å². The third kappa shape index (κ3) is 7.77. The van der Waals surface area contributed by atoms with Crippen molar-refractivity contribution in [3.05, 3.63) is 82.9 Å². The molecule has 2 aromatic rings. The third-order valence-corrected chi connectivity index (χ3v) is 12.8. The van der Waals surface area contributed by atoms with Crippen LogP contribution in [-0.4, -0.2) is 117 Å². The zero-order valence-corrected chi connectivity index (χ0v) is 36.0. The van der Waals surface area contributed by atoms with Crippen molar-refractivity contribution in [2.45, 2.75) is 134 Å². The largest absolute Gasteiger partial charge is 0.456 e. The van der Waals surface area contributed by atoms with Crippen molar-refractivity contribution < 1.29 is 76.9 Å². The molecule has 3 fully saturated rings. The van der Waals surface area contributed by atoms with Gasteiger partial charge in [0, 0.05) is 25.7 Å². The van der Waals surface area contributed by atoms with Gasteiger partial charge in [0.15, 0.2) is 29.8 Å². The van der Waals surface area contributed by atoms with E-state index >= 15 is 9.18 Å². The smallest absolute Gasteiger partial charge is 0.408 e. The van der Waals surface area contributed by atoms with Gasteiger partial charge in [0.05, 0.1) is 29.5 Å². The molecule has 16 nitrogen and oxygen atoms in total. The van der Waals surface area contributed by atoms with Crippen LogP contribution in [0.1, 0.15) is 90.7 Å². The van der Waals surface area contributed by atoms with Crippen LogP contribution in [0.5, 0.6) is 0 Å². The zero-order valence-electron chi connectivity index (χ0n) is 36.0. The quantitative estimate of drug-likeness (QED) is 0.160. The summed E-state index contributed by atoms with van der Waals surface area (Å²) in [7, 11) is 0. The minimum absolute atomic E-state index is 0.0113. The lowest BCUT2D eigenvalue weighted by Gasteiger charge is -2.67. The molecule has 1 heterocycles. The molecule has 0 aromatic heterocycles. The molecule has 4 aliphatic rings. The fourth-order valence-corrected chi connectivity index (χ4v) is 9.85. The maximum absolute atomic E-state index is 16.6.